The molecule has 0 unspecified atom stereocenters. The minimum absolute atomic E-state index is 0. The Morgan fingerprint density at radius 2 is 1.08 bits per heavy atom. The van der Waals surface area contributed by atoms with Gasteiger partial charge in [-0.1, -0.05) is 63.6 Å². The fraction of sp³-hybridized carbons (Fsp3) is 0.417. The van der Waals surface area contributed by atoms with Gasteiger partial charge in [0.15, 0.2) is 0 Å². The molecule has 0 amide bonds. The molecular formula is C12H23Y-. The number of hydrogen-bond acceptors (Lipinski definition) is 0. The van der Waals surface area contributed by atoms with E-state index in [9.17, 15) is 0 Å². The summed E-state index contributed by atoms with van der Waals surface area (Å²) in [6.07, 6.45) is 0. The summed E-state index contributed by atoms with van der Waals surface area (Å²) >= 11 is 0. The van der Waals surface area contributed by atoms with E-state index in [1.807, 2.05) is 45.9 Å². The molecule has 0 N–H and O–H groups in total. The fourth-order valence-corrected chi connectivity index (χ4v) is 0.534. The fourth-order valence-electron chi connectivity index (χ4n) is 0.534. The molecule has 1 heteroatoms. The topological polar surface area (TPSA) is 0 Å². The second-order valence-corrected chi connectivity index (χ2v) is 1.65. The van der Waals surface area contributed by atoms with Crippen LogP contribution in [0.3, 0.4) is 0 Å². The van der Waals surface area contributed by atoms with E-state index in [4.69, 9.17) is 0 Å². The average molecular weight is 256 g/mol. The van der Waals surface area contributed by atoms with Gasteiger partial charge in [0.1, 0.15) is 0 Å². The van der Waals surface area contributed by atoms with Crippen LogP contribution in [0.2, 0.25) is 0 Å². The predicted octanol–water partition coefficient (Wildman–Crippen LogP) is 4.50. The Kier molecular flexibility index (Phi) is 40.8. The molecule has 0 heterocycles. The van der Waals surface area contributed by atoms with Gasteiger partial charge in [-0.15, -0.1) is 0 Å². The van der Waals surface area contributed by atoms with Gasteiger partial charge in [0, 0.05) is 32.7 Å². The average Bonchev–Trinajstić information content (AvgIpc) is 2.13. The number of aryl methyl sites for hydroxylation is 1. The number of benzene rings is 1. The van der Waals surface area contributed by atoms with Gasteiger partial charge in [-0.2, -0.15) is 0 Å². The Morgan fingerprint density at radius 3 is 1.23 bits per heavy atom. The zero-order chi connectivity index (χ0) is 9.11. The van der Waals surface area contributed by atoms with E-state index in [0.29, 0.717) is 0 Å². The first kappa shape index (κ1) is 23.3. The molecule has 0 aromatic heterocycles. The summed E-state index contributed by atoms with van der Waals surface area (Å²) in [6, 6.07) is 10.3. The maximum absolute atomic E-state index is 2.08. The zero-order valence-corrected chi connectivity index (χ0v) is 12.8. The Bertz CT molecular complexity index is 135. The summed E-state index contributed by atoms with van der Waals surface area (Å²) in [5.74, 6) is 0. The summed E-state index contributed by atoms with van der Waals surface area (Å²) in [5.41, 5.74) is 1.32. The predicted molar refractivity (Wildman–Crippen MR) is 60.3 cm³/mol. The van der Waals surface area contributed by atoms with E-state index in [2.05, 4.69) is 19.1 Å². The Labute approximate surface area is 110 Å². The van der Waals surface area contributed by atoms with E-state index in [-0.39, 0.29) is 40.1 Å². The summed E-state index contributed by atoms with van der Waals surface area (Å²) in [4.78, 5) is 0. The molecule has 0 fully saturated rings. The monoisotopic (exact) mass is 256 g/mol. The smallest absolute Gasteiger partial charge is 0 e. The molecule has 1 rings (SSSR count). The van der Waals surface area contributed by atoms with E-state index in [1.165, 1.54) is 5.56 Å². The van der Waals surface area contributed by atoms with Crippen LogP contribution in [0.5, 0.6) is 0 Å². The van der Waals surface area contributed by atoms with Crippen molar-refractivity contribution in [2.24, 2.45) is 0 Å². The molecule has 0 spiro atoms. The van der Waals surface area contributed by atoms with Crippen LogP contribution in [0.25, 0.3) is 0 Å². The van der Waals surface area contributed by atoms with Crippen molar-refractivity contribution in [2.75, 3.05) is 0 Å². The summed E-state index contributed by atoms with van der Waals surface area (Å²) in [6.45, 7) is 10.1. The van der Waals surface area contributed by atoms with Crippen LogP contribution in [0.15, 0.2) is 30.3 Å². The molecule has 0 aliphatic heterocycles. The van der Waals surface area contributed by atoms with Crippen molar-refractivity contribution in [3.05, 3.63) is 43.3 Å². The Morgan fingerprint density at radius 1 is 0.769 bits per heavy atom. The van der Waals surface area contributed by atoms with Gasteiger partial charge in [0.2, 0.25) is 0 Å². The van der Waals surface area contributed by atoms with Gasteiger partial charge in [-0.3, -0.25) is 0 Å². The third-order valence-electron chi connectivity index (χ3n) is 0.940. The van der Waals surface area contributed by atoms with E-state index < -0.39 is 0 Å². The number of rotatable bonds is 0. The Hall–Kier alpha value is 0.324. The summed E-state index contributed by atoms with van der Waals surface area (Å²) < 4.78 is 0. The zero-order valence-electron chi connectivity index (χ0n) is 9.96. The molecule has 1 aromatic rings. The molecule has 1 aromatic carbocycles. The molecule has 1 radical (unpaired) electrons. The van der Waals surface area contributed by atoms with Crippen molar-refractivity contribution < 1.29 is 32.7 Å². The van der Waals surface area contributed by atoms with Crippen molar-refractivity contribution >= 4 is 0 Å². The maximum atomic E-state index is 2.08. The molecule has 0 saturated carbocycles. The first-order valence-corrected chi connectivity index (χ1v) is 4.41. The van der Waals surface area contributed by atoms with E-state index in [1.54, 1.807) is 0 Å². The maximum Gasteiger partial charge on any atom is 0 e. The molecule has 75 valence electrons. The minimum Gasteiger partial charge on any atom is -0.358 e. The molecular weight excluding hydrogens is 233 g/mol. The van der Waals surface area contributed by atoms with Crippen molar-refractivity contribution in [3.63, 3.8) is 0 Å². The van der Waals surface area contributed by atoms with Gasteiger partial charge < -0.3 is 7.43 Å². The second kappa shape index (κ2) is 22.8. The third-order valence-corrected chi connectivity index (χ3v) is 0.940. The molecule has 13 heavy (non-hydrogen) atoms. The molecule has 0 saturated heterocycles. The van der Waals surface area contributed by atoms with Gasteiger partial charge in [-0.25, -0.2) is 0 Å². The molecule has 0 atom stereocenters. The van der Waals surface area contributed by atoms with Crippen LogP contribution < -0.4 is 0 Å². The summed E-state index contributed by atoms with van der Waals surface area (Å²) in [5, 5.41) is 0. The van der Waals surface area contributed by atoms with Crippen LogP contribution in [0.4, 0.5) is 0 Å². The first-order chi connectivity index (χ1) is 5.39. The molecule has 0 aliphatic rings. The van der Waals surface area contributed by atoms with Crippen LogP contribution in [0.1, 0.15) is 33.3 Å². The second-order valence-electron chi connectivity index (χ2n) is 1.65. The molecule has 0 bridgehead atoms. The number of hydrogen-bond donors (Lipinski definition) is 0. The molecule has 0 nitrogen and oxygen atoms in total. The third kappa shape index (κ3) is 19.0. The van der Waals surface area contributed by atoms with Gasteiger partial charge in [0.25, 0.3) is 0 Å². The van der Waals surface area contributed by atoms with Gasteiger partial charge in [-0.05, 0) is 6.92 Å². The van der Waals surface area contributed by atoms with Gasteiger partial charge >= 0.3 is 0 Å². The van der Waals surface area contributed by atoms with Gasteiger partial charge in [0.05, 0.1) is 0 Å². The standard InChI is InChI=1S/C7H8.2C2H6.CH3.Y/c1-7-5-3-2-4-6-7;2*1-2;;/h2-6H,1H3;2*1-2H3;1H3;/q;;;-1;. The normalized spacial score (nSPS) is 5.62. The van der Waals surface area contributed by atoms with Crippen LogP contribution >= 0.6 is 0 Å². The quantitative estimate of drug-likeness (QED) is 0.600. The largest absolute Gasteiger partial charge is 0.358 e. The van der Waals surface area contributed by atoms with Crippen molar-refractivity contribution in [2.45, 2.75) is 34.6 Å². The van der Waals surface area contributed by atoms with Crippen molar-refractivity contribution in [3.8, 4) is 0 Å². The van der Waals surface area contributed by atoms with E-state index >= 15 is 0 Å². The SMILES string of the molecule is CC.CC.Cc1ccccc1.[CH3-].[Y]. The first-order valence-electron chi connectivity index (χ1n) is 4.41. The van der Waals surface area contributed by atoms with Crippen LogP contribution in [-0.2, 0) is 32.7 Å². The van der Waals surface area contributed by atoms with Crippen LogP contribution in [-0.4, -0.2) is 0 Å². The van der Waals surface area contributed by atoms with Crippen LogP contribution in [0, 0.1) is 14.4 Å². The minimum atomic E-state index is 0. The van der Waals surface area contributed by atoms with Crippen molar-refractivity contribution in [1.29, 1.82) is 0 Å². The van der Waals surface area contributed by atoms with E-state index in [0.717, 1.165) is 0 Å². The molecule has 0 aliphatic carbocycles. The summed E-state index contributed by atoms with van der Waals surface area (Å²) in [7, 11) is 0. The van der Waals surface area contributed by atoms with Crippen molar-refractivity contribution in [1.82, 2.24) is 0 Å². The Balaban J connectivity index is -0.0000000607.